The number of carbonyl (C=O) groups excluding carboxylic acids is 1. The molecule has 3 N–H and O–H groups in total. The predicted molar refractivity (Wildman–Crippen MR) is 68.4 cm³/mol. The fourth-order valence-electron chi connectivity index (χ4n) is 1.68. The number of aromatic nitrogens is 4. The molecule has 96 valence electrons. The van der Waals surface area contributed by atoms with Gasteiger partial charge in [0.25, 0.3) is 0 Å². The molecule has 0 spiro atoms. The molecule has 2 heterocycles. The van der Waals surface area contributed by atoms with E-state index < -0.39 is 5.91 Å². The summed E-state index contributed by atoms with van der Waals surface area (Å²) in [5.41, 5.74) is 5.77. The minimum Gasteiger partial charge on any atom is -0.368 e. The number of anilines is 1. The number of nitrogens with two attached hydrogens (primary N) is 1. The SMILES string of the molecule is CC(C)N(CC(N)=O)c1nc(Cl)nc2[nH]ncc12. The van der Waals surface area contributed by atoms with E-state index in [1.807, 2.05) is 13.8 Å². The predicted octanol–water partition coefficient (Wildman–Crippen LogP) is 0.706. The lowest BCUT2D eigenvalue weighted by Gasteiger charge is -2.26. The van der Waals surface area contributed by atoms with Crippen molar-refractivity contribution in [2.45, 2.75) is 19.9 Å². The number of aromatic amines is 1. The van der Waals surface area contributed by atoms with Gasteiger partial charge in [0.05, 0.1) is 18.1 Å². The van der Waals surface area contributed by atoms with Gasteiger partial charge in [-0.05, 0) is 25.4 Å². The summed E-state index contributed by atoms with van der Waals surface area (Å²) in [6.07, 6.45) is 1.59. The Kier molecular flexibility index (Phi) is 3.33. The van der Waals surface area contributed by atoms with Crippen molar-refractivity contribution in [3.8, 4) is 0 Å². The highest BCUT2D eigenvalue weighted by Gasteiger charge is 2.19. The monoisotopic (exact) mass is 268 g/mol. The molecule has 7 nitrogen and oxygen atoms in total. The molecular weight excluding hydrogens is 256 g/mol. The first kappa shape index (κ1) is 12.6. The number of H-pyrrole nitrogens is 1. The van der Waals surface area contributed by atoms with Gasteiger partial charge in [0.15, 0.2) is 5.65 Å². The highest BCUT2D eigenvalue weighted by Crippen LogP contribution is 2.25. The van der Waals surface area contributed by atoms with Crippen LogP contribution in [-0.4, -0.2) is 38.7 Å². The van der Waals surface area contributed by atoms with Crippen LogP contribution in [-0.2, 0) is 4.79 Å². The molecule has 2 aromatic rings. The summed E-state index contributed by atoms with van der Waals surface area (Å²) < 4.78 is 0. The minimum absolute atomic E-state index is 0.0431. The summed E-state index contributed by atoms with van der Waals surface area (Å²) >= 11 is 5.85. The Labute approximate surface area is 108 Å². The molecule has 0 unspecified atom stereocenters. The van der Waals surface area contributed by atoms with Crippen molar-refractivity contribution in [1.29, 1.82) is 0 Å². The molecule has 8 heteroatoms. The molecule has 0 aliphatic rings. The molecule has 18 heavy (non-hydrogen) atoms. The zero-order valence-corrected chi connectivity index (χ0v) is 10.8. The van der Waals surface area contributed by atoms with Gasteiger partial charge in [-0.25, -0.2) is 0 Å². The van der Waals surface area contributed by atoms with Crippen LogP contribution in [0.1, 0.15) is 13.8 Å². The average Bonchev–Trinajstić information content (AvgIpc) is 2.71. The molecule has 2 rings (SSSR count). The lowest BCUT2D eigenvalue weighted by Crippen LogP contribution is -2.39. The van der Waals surface area contributed by atoms with Gasteiger partial charge in [-0.3, -0.25) is 9.89 Å². The Balaban J connectivity index is 2.55. The molecule has 0 aromatic carbocycles. The number of rotatable bonds is 4. The standard InChI is InChI=1S/C10H13ClN6O/c1-5(2)17(4-7(12)18)9-6-3-13-16-8(6)14-10(11)15-9/h3,5H,4H2,1-2H3,(H2,12,18)(H,13,14,15,16). The van der Waals surface area contributed by atoms with Crippen LogP contribution in [0.3, 0.4) is 0 Å². The third-order valence-corrected chi connectivity index (χ3v) is 2.65. The molecule has 2 aromatic heterocycles. The molecule has 0 aliphatic heterocycles. The molecule has 0 saturated heterocycles. The van der Waals surface area contributed by atoms with E-state index in [0.717, 1.165) is 0 Å². The first-order chi connectivity index (χ1) is 8.49. The van der Waals surface area contributed by atoms with Gasteiger partial charge in [0.2, 0.25) is 11.2 Å². The van der Waals surface area contributed by atoms with Crippen molar-refractivity contribution < 1.29 is 4.79 Å². The van der Waals surface area contributed by atoms with Crippen LogP contribution in [0.5, 0.6) is 0 Å². The lowest BCUT2D eigenvalue weighted by molar-refractivity contribution is -0.116. The Bertz CT molecular complexity index is 581. The number of fused-ring (bicyclic) bond motifs is 1. The highest BCUT2D eigenvalue weighted by molar-refractivity contribution is 6.28. The van der Waals surface area contributed by atoms with Gasteiger partial charge < -0.3 is 10.6 Å². The number of amides is 1. The van der Waals surface area contributed by atoms with Gasteiger partial charge in [0.1, 0.15) is 5.82 Å². The van der Waals surface area contributed by atoms with Crippen LogP contribution in [0.25, 0.3) is 11.0 Å². The molecule has 0 saturated carbocycles. The molecule has 0 bridgehead atoms. The fourth-order valence-corrected chi connectivity index (χ4v) is 1.85. The lowest BCUT2D eigenvalue weighted by atomic mass is 10.2. The number of nitrogens with zero attached hydrogens (tertiary/aromatic N) is 4. The second-order valence-corrected chi connectivity index (χ2v) is 4.47. The quantitative estimate of drug-likeness (QED) is 0.795. The van der Waals surface area contributed by atoms with Gasteiger partial charge >= 0.3 is 0 Å². The van der Waals surface area contributed by atoms with Crippen LogP contribution in [0.2, 0.25) is 5.28 Å². The Morgan fingerprint density at radius 3 is 2.89 bits per heavy atom. The number of primary amides is 1. The number of halogens is 1. The third kappa shape index (κ3) is 2.35. The fraction of sp³-hybridized carbons (Fsp3) is 0.400. The van der Waals surface area contributed by atoms with E-state index in [1.165, 1.54) is 0 Å². The van der Waals surface area contributed by atoms with Crippen LogP contribution in [0, 0.1) is 0 Å². The first-order valence-electron chi connectivity index (χ1n) is 5.40. The Hall–Kier alpha value is -1.89. The van der Waals surface area contributed by atoms with Crippen molar-refractivity contribution in [3.63, 3.8) is 0 Å². The maximum atomic E-state index is 11.1. The van der Waals surface area contributed by atoms with E-state index >= 15 is 0 Å². The highest BCUT2D eigenvalue weighted by atomic mass is 35.5. The van der Waals surface area contributed by atoms with Gasteiger partial charge in [-0.2, -0.15) is 15.1 Å². The van der Waals surface area contributed by atoms with Crippen LogP contribution < -0.4 is 10.6 Å². The number of hydrogen-bond acceptors (Lipinski definition) is 5. The normalized spacial score (nSPS) is 11.1. The van der Waals surface area contributed by atoms with Crippen molar-refractivity contribution in [2.75, 3.05) is 11.4 Å². The maximum absolute atomic E-state index is 11.1. The Morgan fingerprint density at radius 1 is 1.56 bits per heavy atom. The van der Waals surface area contributed by atoms with Crippen LogP contribution in [0.15, 0.2) is 6.20 Å². The van der Waals surface area contributed by atoms with E-state index in [4.69, 9.17) is 17.3 Å². The zero-order valence-electron chi connectivity index (χ0n) is 10.0. The third-order valence-electron chi connectivity index (χ3n) is 2.48. The van der Waals surface area contributed by atoms with E-state index in [0.29, 0.717) is 16.9 Å². The first-order valence-corrected chi connectivity index (χ1v) is 5.78. The summed E-state index contributed by atoms with van der Waals surface area (Å²) in [6.45, 7) is 3.93. The zero-order chi connectivity index (χ0) is 13.3. The van der Waals surface area contributed by atoms with Gasteiger partial charge in [0, 0.05) is 6.04 Å². The van der Waals surface area contributed by atoms with Crippen molar-refractivity contribution in [1.82, 2.24) is 20.2 Å². The summed E-state index contributed by atoms with van der Waals surface area (Å²) in [7, 11) is 0. The number of nitrogens with one attached hydrogen (secondary N) is 1. The molecule has 0 radical (unpaired) electrons. The van der Waals surface area contributed by atoms with Crippen molar-refractivity contribution >= 4 is 34.4 Å². The molecule has 0 atom stereocenters. The minimum atomic E-state index is -0.435. The van der Waals surface area contributed by atoms with E-state index in [2.05, 4.69) is 20.2 Å². The van der Waals surface area contributed by atoms with E-state index in [1.54, 1.807) is 11.1 Å². The second-order valence-electron chi connectivity index (χ2n) is 4.14. The van der Waals surface area contributed by atoms with E-state index in [9.17, 15) is 4.79 Å². The second kappa shape index (κ2) is 4.77. The number of hydrogen-bond donors (Lipinski definition) is 2. The van der Waals surface area contributed by atoms with Crippen molar-refractivity contribution in [3.05, 3.63) is 11.5 Å². The van der Waals surface area contributed by atoms with Crippen molar-refractivity contribution in [2.24, 2.45) is 5.73 Å². The molecular formula is C10H13ClN6O. The summed E-state index contributed by atoms with van der Waals surface area (Å²) in [6, 6.07) is 0.0431. The maximum Gasteiger partial charge on any atom is 0.237 e. The summed E-state index contributed by atoms with van der Waals surface area (Å²) in [4.78, 5) is 21.1. The van der Waals surface area contributed by atoms with Gasteiger partial charge in [-0.15, -0.1) is 0 Å². The topological polar surface area (TPSA) is 101 Å². The largest absolute Gasteiger partial charge is 0.368 e. The van der Waals surface area contributed by atoms with E-state index in [-0.39, 0.29) is 17.9 Å². The molecule has 0 fully saturated rings. The summed E-state index contributed by atoms with van der Waals surface area (Å²) in [5, 5.41) is 7.41. The van der Waals surface area contributed by atoms with Crippen LogP contribution in [0.4, 0.5) is 5.82 Å². The van der Waals surface area contributed by atoms with Crippen LogP contribution >= 0.6 is 11.6 Å². The number of carbonyl (C=O) groups is 1. The Morgan fingerprint density at radius 2 is 2.28 bits per heavy atom. The molecule has 0 aliphatic carbocycles. The smallest absolute Gasteiger partial charge is 0.237 e. The summed E-state index contributed by atoms with van der Waals surface area (Å²) in [5.74, 6) is 0.114. The molecule has 1 amide bonds. The average molecular weight is 269 g/mol. The van der Waals surface area contributed by atoms with Gasteiger partial charge in [-0.1, -0.05) is 0 Å².